The van der Waals surface area contributed by atoms with Gasteiger partial charge in [-0.15, -0.1) is 22.0 Å². The first kappa shape index (κ1) is 17.8. The lowest BCUT2D eigenvalue weighted by Crippen LogP contribution is -2.15. The Hall–Kier alpha value is -2.55. The lowest BCUT2D eigenvalue weighted by atomic mass is 10.0. The van der Waals surface area contributed by atoms with E-state index in [1.54, 1.807) is 6.20 Å². The highest BCUT2D eigenvalue weighted by Crippen LogP contribution is 2.29. The number of rotatable bonds is 6. The monoisotopic (exact) mass is 380 g/mol. The van der Waals surface area contributed by atoms with Crippen molar-refractivity contribution in [2.75, 3.05) is 5.75 Å². The molecule has 3 heterocycles. The minimum Gasteiger partial charge on any atom is -0.316 e. The van der Waals surface area contributed by atoms with E-state index in [4.69, 9.17) is 10.2 Å². The highest BCUT2D eigenvalue weighted by atomic mass is 32.2. The number of nitrogens with one attached hydrogen (secondary N) is 1. The molecular weight excluding hydrogens is 360 g/mol. The van der Waals surface area contributed by atoms with E-state index >= 15 is 0 Å². The van der Waals surface area contributed by atoms with Gasteiger partial charge in [-0.2, -0.15) is 5.48 Å². The van der Waals surface area contributed by atoms with E-state index in [0.29, 0.717) is 12.4 Å². The molecule has 4 rings (SSSR count). The molecule has 2 N–H and O–H groups in total. The van der Waals surface area contributed by atoms with Crippen LogP contribution in [-0.2, 0) is 13.1 Å². The fourth-order valence-electron chi connectivity index (χ4n) is 3.09. The molecule has 1 aliphatic rings. The predicted molar refractivity (Wildman–Crippen MR) is 105 cm³/mol. The molecular formula is C19H20N6OS. The minimum atomic E-state index is 0.206. The third kappa shape index (κ3) is 3.51. The molecule has 0 bridgehead atoms. The summed E-state index contributed by atoms with van der Waals surface area (Å²) >= 11 is 1.83. The summed E-state index contributed by atoms with van der Waals surface area (Å²) in [7, 11) is 0. The summed E-state index contributed by atoms with van der Waals surface area (Å²) < 4.78 is 1.96. The van der Waals surface area contributed by atoms with Crippen LogP contribution in [0.5, 0.6) is 0 Å². The van der Waals surface area contributed by atoms with Crippen LogP contribution in [0.1, 0.15) is 36.3 Å². The summed E-state index contributed by atoms with van der Waals surface area (Å²) in [6.45, 7) is 2.78. The number of nitrogens with zero attached hydrogens (tertiary/aromatic N) is 5. The molecule has 1 aliphatic heterocycles. The molecule has 0 radical (unpaired) electrons. The second kappa shape index (κ2) is 7.99. The summed E-state index contributed by atoms with van der Waals surface area (Å²) in [6.07, 6.45) is 2.89. The lowest BCUT2D eigenvalue weighted by Gasteiger charge is -2.14. The Morgan fingerprint density at radius 3 is 2.93 bits per heavy atom. The van der Waals surface area contributed by atoms with Crippen molar-refractivity contribution in [3.05, 3.63) is 65.5 Å². The van der Waals surface area contributed by atoms with Crippen molar-refractivity contribution in [3.8, 4) is 5.69 Å². The van der Waals surface area contributed by atoms with E-state index in [1.165, 1.54) is 4.90 Å². The normalized spacial score (nSPS) is 12.9. The maximum atomic E-state index is 9.16. The summed E-state index contributed by atoms with van der Waals surface area (Å²) in [5, 5.41) is 17.6. The van der Waals surface area contributed by atoms with Crippen LogP contribution in [0.4, 0.5) is 0 Å². The molecule has 1 aromatic carbocycles. The average molecular weight is 380 g/mol. The van der Waals surface area contributed by atoms with E-state index in [1.807, 2.05) is 34.5 Å². The summed E-state index contributed by atoms with van der Waals surface area (Å²) in [5.74, 6) is 2.44. The summed E-state index contributed by atoms with van der Waals surface area (Å²) in [5.41, 5.74) is 5.79. The van der Waals surface area contributed by atoms with Gasteiger partial charge >= 0.3 is 0 Å². The van der Waals surface area contributed by atoms with Crippen LogP contribution in [0.15, 0.2) is 52.5 Å². The Morgan fingerprint density at radius 1 is 1.22 bits per heavy atom. The van der Waals surface area contributed by atoms with Gasteiger partial charge in [0.15, 0.2) is 11.6 Å². The van der Waals surface area contributed by atoms with Gasteiger partial charge in [-0.1, -0.05) is 13.0 Å². The summed E-state index contributed by atoms with van der Waals surface area (Å²) in [6, 6.07) is 12.2. The highest BCUT2D eigenvalue weighted by Gasteiger charge is 2.23. The van der Waals surface area contributed by atoms with Gasteiger partial charge in [0.1, 0.15) is 6.54 Å². The molecule has 7 nitrogen and oxygen atoms in total. The lowest BCUT2D eigenvalue weighted by molar-refractivity contribution is 0.158. The number of hydroxylamine groups is 1. The van der Waals surface area contributed by atoms with Crippen LogP contribution in [-0.4, -0.2) is 36.4 Å². The third-order valence-corrected chi connectivity index (χ3v) is 5.46. The van der Waals surface area contributed by atoms with Gasteiger partial charge in [0, 0.05) is 16.7 Å². The number of benzene rings is 1. The molecule has 0 saturated heterocycles. The molecule has 138 valence electrons. The zero-order chi connectivity index (χ0) is 18.6. The number of hydrogen-bond donors (Lipinski definition) is 2. The van der Waals surface area contributed by atoms with E-state index in [0.717, 1.165) is 40.7 Å². The van der Waals surface area contributed by atoms with E-state index in [9.17, 15) is 0 Å². The first-order valence-corrected chi connectivity index (χ1v) is 9.84. The fraction of sp³-hybridized carbons (Fsp3) is 0.263. The molecule has 0 saturated carbocycles. The van der Waals surface area contributed by atoms with Crippen molar-refractivity contribution < 1.29 is 5.21 Å². The van der Waals surface area contributed by atoms with Gasteiger partial charge in [0.05, 0.1) is 23.6 Å². The standard InChI is InChI=1S/C19H20N6OS/c1-2-9-27-13-6-7-16-14(10-13)19(15-5-3-4-8-20-15)21-11-17-23-24-18(12-22-26)25(16)17/h3-8,10,22,26H,2,9,11-12H2,1H3. The number of hydrogen-bond acceptors (Lipinski definition) is 7. The fourth-order valence-corrected chi connectivity index (χ4v) is 3.89. The van der Waals surface area contributed by atoms with Crippen molar-refractivity contribution in [1.29, 1.82) is 0 Å². The predicted octanol–water partition coefficient (Wildman–Crippen LogP) is 2.99. The smallest absolute Gasteiger partial charge is 0.159 e. The van der Waals surface area contributed by atoms with Gasteiger partial charge in [-0.3, -0.25) is 14.5 Å². The zero-order valence-corrected chi connectivity index (χ0v) is 15.8. The minimum absolute atomic E-state index is 0.206. The molecule has 0 atom stereocenters. The van der Waals surface area contributed by atoms with Crippen molar-refractivity contribution in [3.63, 3.8) is 0 Å². The van der Waals surface area contributed by atoms with Gasteiger partial charge in [0.25, 0.3) is 0 Å². The van der Waals surface area contributed by atoms with Crippen LogP contribution >= 0.6 is 11.8 Å². The Labute approximate surface area is 161 Å². The van der Waals surface area contributed by atoms with Gasteiger partial charge in [-0.05, 0) is 42.5 Å². The molecule has 8 heteroatoms. The number of thioether (sulfide) groups is 1. The van der Waals surface area contributed by atoms with Crippen molar-refractivity contribution in [1.82, 2.24) is 25.2 Å². The van der Waals surface area contributed by atoms with E-state index < -0.39 is 0 Å². The molecule has 0 unspecified atom stereocenters. The Morgan fingerprint density at radius 2 is 2.15 bits per heavy atom. The largest absolute Gasteiger partial charge is 0.316 e. The van der Waals surface area contributed by atoms with E-state index in [2.05, 4.69) is 45.8 Å². The first-order valence-electron chi connectivity index (χ1n) is 8.85. The summed E-state index contributed by atoms with van der Waals surface area (Å²) in [4.78, 5) is 10.5. The quantitative estimate of drug-likeness (QED) is 0.505. The molecule has 27 heavy (non-hydrogen) atoms. The van der Waals surface area contributed by atoms with Gasteiger partial charge < -0.3 is 5.21 Å². The van der Waals surface area contributed by atoms with E-state index in [-0.39, 0.29) is 6.54 Å². The zero-order valence-electron chi connectivity index (χ0n) is 15.0. The van der Waals surface area contributed by atoms with Crippen LogP contribution in [0.2, 0.25) is 0 Å². The Balaban J connectivity index is 1.89. The number of fused-ring (bicyclic) bond motifs is 3. The van der Waals surface area contributed by atoms with Gasteiger partial charge in [-0.25, -0.2) is 0 Å². The molecule has 0 fully saturated rings. The number of aliphatic imine (C=N–C) groups is 1. The van der Waals surface area contributed by atoms with Crippen molar-refractivity contribution >= 4 is 17.5 Å². The van der Waals surface area contributed by atoms with Crippen molar-refractivity contribution in [2.24, 2.45) is 4.99 Å². The van der Waals surface area contributed by atoms with Crippen molar-refractivity contribution in [2.45, 2.75) is 31.3 Å². The first-order chi connectivity index (χ1) is 13.3. The Bertz CT molecular complexity index is 970. The van der Waals surface area contributed by atoms with Crippen LogP contribution in [0, 0.1) is 0 Å². The topological polar surface area (TPSA) is 88.2 Å². The molecule has 0 spiro atoms. The second-order valence-corrected chi connectivity index (χ2v) is 7.28. The molecule has 0 amide bonds. The number of pyridine rings is 1. The maximum Gasteiger partial charge on any atom is 0.159 e. The second-order valence-electron chi connectivity index (χ2n) is 6.11. The van der Waals surface area contributed by atoms with Crippen LogP contribution < -0.4 is 5.48 Å². The van der Waals surface area contributed by atoms with Crippen LogP contribution in [0.25, 0.3) is 5.69 Å². The Kier molecular flexibility index (Phi) is 5.28. The highest BCUT2D eigenvalue weighted by molar-refractivity contribution is 7.99. The van der Waals surface area contributed by atoms with Crippen LogP contribution in [0.3, 0.4) is 0 Å². The molecule has 3 aromatic rings. The molecule has 0 aliphatic carbocycles. The van der Waals surface area contributed by atoms with Gasteiger partial charge in [0.2, 0.25) is 0 Å². The maximum absolute atomic E-state index is 9.16. The average Bonchev–Trinajstić information content (AvgIpc) is 3.02. The SMILES string of the molecule is CCCSc1ccc2c(c1)C(c1ccccn1)=NCc1nnc(CNO)n1-2. The number of aromatic nitrogens is 4. The third-order valence-electron chi connectivity index (χ3n) is 4.26. The molecule has 2 aromatic heterocycles.